The molecule has 10 heteroatoms. The Morgan fingerprint density at radius 1 is 1.06 bits per heavy atom. The first-order valence-corrected chi connectivity index (χ1v) is 10.9. The van der Waals surface area contributed by atoms with E-state index in [1.54, 1.807) is 24.3 Å². The van der Waals surface area contributed by atoms with Crippen molar-refractivity contribution in [3.8, 4) is 17.2 Å². The lowest BCUT2D eigenvalue weighted by Crippen LogP contribution is -2.28. The van der Waals surface area contributed by atoms with Gasteiger partial charge in [0.1, 0.15) is 6.61 Å². The van der Waals surface area contributed by atoms with Gasteiger partial charge in [-0.1, -0.05) is 18.2 Å². The van der Waals surface area contributed by atoms with Crippen LogP contribution in [0, 0.1) is 33.8 Å². The van der Waals surface area contributed by atoms with E-state index in [1.807, 2.05) is 12.2 Å². The molecule has 0 unspecified atom stereocenters. The molecule has 2 heterocycles. The average molecular weight is 461 g/mol. The molecule has 4 aliphatic rings. The Hall–Kier alpha value is -4.21. The molecule has 172 valence electrons. The molecule has 0 aromatic heterocycles. The number of fused-ring (bicyclic) bond motifs is 6. The smallest absolute Gasteiger partial charge is 0.311 e. The van der Waals surface area contributed by atoms with Gasteiger partial charge in [0.25, 0.3) is 11.8 Å². The summed E-state index contributed by atoms with van der Waals surface area (Å²) < 4.78 is 16.3. The molecule has 1 saturated heterocycles. The van der Waals surface area contributed by atoms with Crippen molar-refractivity contribution in [2.45, 2.75) is 13.0 Å². The summed E-state index contributed by atoms with van der Waals surface area (Å²) in [5.74, 6) is 0.208. The van der Waals surface area contributed by atoms with Crippen LogP contribution < -0.4 is 14.2 Å². The second-order valence-electron chi connectivity index (χ2n) is 8.69. The molecule has 4 atom stereocenters. The van der Waals surface area contributed by atoms with Crippen LogP contribution in [0.1, 0.15) is 17.5 Å². The molecule has 0 N–H and O–H groups in total. The fraction of sp³-hybridized carbons (Fsp3) is 0.292. The minimum absolute atomic E-state index is 0.0883. The third kappa shape index (κ3) is 3.21. The Balaban J connectivity index is 1.18. The lowest BCUT2D eigenvalue weighted by atomic mass is 9.85. The van der Waals surface area contributed by atoms with Crippen LogP contribution in [-0.4, -0.2) is 34.8 Å². The minimum Gasteiger partial charge on any atom is -0.482 e. The van der Waals surface area contributed by atoms with Crippen LogP contribution in [-0.2, 0) is 16.2 Å². The minimum atomic E-state index is -0.549. The zero-order valence-corrected chi connectivity index (χ0v) is 17.8. The van der Waals surface area contributed by atoms with E-state index in [-0.39, 0.29) is 60.3 Å². The fourth-order valence-corrected chi connectivity index (χ4v) is 5.20. The lowest BCUT2D eigenvalue weighted by molar-refractivity contribution is -0.385. The van der Waals surface area contributed by atoms with Crippen LogP contribution in [0.2, 0.25) is 0 Å². The first kappa shape index (κ1) is 20.4. The number of nitrogens with zero attached hydrogens (tertiary/aromatic N) is 3. The highest BCUT2D eigenvalue weighted by molar-refractivity contribution is 6.06. The molecule has 2 aromatic rings. The Kier molecular flexibility index (Phi) is 4.61. The number of benzene rings is 2. The fourth-order valence-electron chi connectivity index (χ4n) is 5.20. The van der Waals surface area contributed by atoms with Gasteiger partial charge in [0.2, 0.25) is 6.79 Å². The zero-order chi connectivity index (χ0) is 23.4. The summed E-state index contributed by atoms with van der Waals surface area (Å²) in [7, 11) is 0. The van der Waals surface area contributed by atoms with Crippen molar-refractivity contribution in [3.63, 3.8) is 0 Å². The highest BCUT2D eigenvalue weighted by Gasteiger charge is 2.59. The summed E-state index contributed by atoms with van der Waals surface area (Å²) >= 11 is 0. The number of nitro benzene ring substituents is 1. The first-order valence-electron chi connectivity index (χ1n) is 10.9. The van der Waals surface area contributed by atoms with E-state index in [2.05, 4.69) is 5.10 Å². The second-order valence-corrected chi connectivity index (χ2v) is 8.69. The SMILES string of the molecule is O=C1[C@@H]2[C@H](C(=O)N1N=Cc1ccc(OCc3ccc4c(c3)OCO4)c([N+](=O)[O-])c1)[C@H]1C=C[C@H]2C1. The van der Waals surface area contributed by atoms with Gasteiger partial charge in [-0.15, -0.1) is 0 Å². The molecule has 2 amide bonds. The van der Waals surface area contributed by atoms with Gasteiger partial charge in [0.15, 0.2) is 17.2 Å². The quantitative estimate of drug-likeness (QED) is 0.213. The van der Waals surface area contributed by atoms with E-state index in [9.17, 15) is 19.7 Å². The highest BCUT2D eigenvalue weighted by atomic mass is 16.7. The van der Waals surface area contributed by atoms with Crippen molar-refractivity contribution >= 4 is 23.7 Å². The van der Waals surface area contributed by atoms with Crippen molar-refractivity contribution in [1.82, 2.24) is 5.01 Å². The van der Waals surface area contributed by atoms with Crippen molar-refractivity contribution in [2.75, 3.05) is 6.79 Å². The number of imide groups is 1. The van der Waals surface area contributed by atoms with E-state index in [0.29, 0.717) is 17.1 Å². The van der Waals surface area contributed by atoms with Crippen LogP contribution in [0.3, 0.4) is 0 Å². The van der Waals surface area contributed by atoms with E-state index >= 15 is 0 Å². The molecule has 2 aliphatic carbocycles. The molecule has 2 aliphatic heterocycles. The third-order valence-corrected chi connectivity index (χ3v) is 6.78. The van der Waals surface area contributed by atoms with E-state index < -0.39 is 4.92 Å². The van der Waals surface area contributed by atoms with Crippen molar-refractivity contribution in [3.05, 3.63) is 69.8 Å². The molecule has 10 nitrogen and oxygen atoms in total. The maximum atomic E-state index is 12.7. The van der Waals surface area contributed by atoms with E-state index in [0.717, 1.165) is 17.0 Å². The first-order chi connectivity index (χ1) is 16.5. The van der Waals surface area contributed by atoms with Crippen molar-refractivity contribution < 1.29 is 28.7 Å². The van der Waals surface area contributed by atoms with E-state index in [1.165, 1.54) is 18.3 Å². The summed E-state index contributed by atoms with van der Waals surface area (Å²) in [4.78, 5) is 36.6. The maximum absolute atomic E-state index is 12.7. The number of carbonyl (C=O) groups is 2. The number of hydrogen-bond acceptors (Lipinski definition) is 8. The maximum Gasteiger partial charge on any atom is 0.311 e. The summed E-state index contributed by atoms with van der Waals surface area (Å²) in [5.41, 5.74) is 0.896. The normalized spacial score (nSPS) is 26.1. The number of nitro groups is 1. The number of hydrazone groups is 1. The van der Waals surface area contributed by atoms with Gasteiger partial charge in [0.05, 0.1) is 23.0 Å². The second kappa shape index (κ2) is 7.68. The van der Waals surface area contributed by atoms with Gasteiger partial charge in [-0.05, 0) is 48.1 Å². The highest BCUT2D eigenvalue weighted by Crippen LogP contribution is 2.52. The summed E-state index contributed by atoms with van der Waals surface area (Å²) in [5, 5.41) is 16.6. The Bertz CT molecular complexity index is 1260. The van der Waals surface area contributed by atoms with E-state index in [4.69, 9.17) is 14.2 Å². The predicted octanol–water partition coefficient (Wildman–Crippen LogP) is 3.04. The Morgan fingerprint density at radius 3 is 2.53 bits per heavy atom. The van der Waals surface area contributed by atoms with Crippen molar-refractivity contribution in [1.29, 1.82) is 0 Å². The van der Waals surface area contributed by atoms with Gasteiger partial charge < -0.3 is 14.2 Å². The van der Waals surface area contributed by atoms with Gasteiger partial charge >= 0.3 is 5.69 Å². The molecular formula is C24H19N3O7. The number of rotatable bonds is 6. The van der Waals surface area contributed by atoms with Gasteiger partial charge in [0, 0.05) is 11.6 Å². The molecule has 1 saturated carbocycles. The van der Waals surface area contributed by atoms with Gasteiger partial charge in [-0.25, -0.2) is 0 Å². The largest absolute Gasteiger partial charge is 0.482 e. The molecule has 34 heavy (non-hydrogen) atoms. The third-order valence-electron chi connectivity index (χ3n) is 6.78. The monoisotopic (exact) mass is 461 g/mol. The zero-order valence-electron chi connectivity index (χ0n) is 17.8. The number of carbonyl (C=O) groups excluding carboxylic acids is 2. The molecule has 2 aromatic carbocycles. The Labute approximate surface area is 193 Å². The Morgan fingerprint density at radius 2 is 1.79 bits per heavy atom. The predicted molar refractivity (Wildman–Crippen MR) is 117 cm³/mol. The summed E-state index contributed by atoms with van der Waals surface area (Å²) in [6, 6.07) is 9.67. The number of allylic oxidation sites excluding steroid dienone is 2. The topological polar surface area (TPSA) is 121 Å². The summed E-state index contributed by atoms with van der Waals surface area (Å²) in [6.45, 7) is 0.253. The molecule has 6 rings (SSSR count). The molecule has 2 fully saturated rings. The van der Waals surface area contributed by atoms with Crippen LogP contribution >= 0.6 is 0 Å². The molecule has 0 spiro atoms. The summed E-state index contributed by atoms with van der Waals surface area (Å²) in [6.07, 6.45) is 6.15. The number of hydrogen-bond donors (Lipinski definition) is 0. The van der Waals surface area contributed by atoms with Crippen LogP contribution in [0.5, 0.6) is 17.2 Å². The van der Waals surface area contributed by atoms with Crippen LogP contribution in [0.25, 0.3) is 0 Å². The van der Waals surface area contributed by atoms with Crippen LogP contribution in [0.15, 0.2) is 53.7 Å². The van der Waals surface area contributed by atoms with Crippen LogP contribution in [0.4, 0.5) is 5.69 Å². The standard InChI is InChI=1S/C24H19N3O7/c28-23-21-15-3-4-16(9-15)22(21)24(29)26(23)25-10-13-1-5-18(17(7-13)27(30)31)32-11-14-2-6-19-20(8-14)34-12-33-19/h1-8,10,15-16,21-22H,9,11-12H2/t15-,16-,21-,22+/m0/s1. The molecular weight excluding hydrogens is 442 g/mol. The number of ether oxygens (including phenoxy) is 3. The molecule has 0 radical (unpaired) electrons. The van der Waals surface area contributed by atoms with Gasteiger partial charge in [-0.3, -0.25) is 19.7 Å². The molecule has 2 bridgehead atoms. The number of amides is 2. The average Bonchev–Trinajstić information content (AvgIpc) is 3.61. The van der Waals surface area contributed by atoms with Crippen molar-refractivity contribution in [2.24, 2.45) is 28.8 Å². The van der Waals surface area contributed by atoms with Gasteiger partial charge in [-0.2, -0.15) is 10.1 Å². The lowest BCUT2D eigenvalue weighted by Gasteiger charge is -2.13.